The van der Waals surface area contributed by atoms with Crippen LogP contribution in [0.4, 0.5) is 4.79 Å². The second-order valence-electron chi connectivity index (χ2n) is 7.83. The minimum atomic E-state index is -0.441. The Morgan fingerprint density at radius 1 is 1.20 bits per heavy atom. The lowest BCUT2D eigenvalue weighted by atomic mass is 9.85. The predicted molar refractivity (Wildman–Crippen MR) is 81.7 cm³/mol. The van der Waals surface area contributed by atoms with E-state index in [0.717, 1.165) is 12.8 Å². The summed E-state index contributed by atoms with van der Waals surface area (Å²) in [5.74, 6) is 0. The second kappa shape index (κ2) is 5.90. The van der Waals surface area contributed by atoms with Crippen molar-refractivity contribution in [1.29, 1.82) is 0 Å². The van der Waals surface area contributed by atoms with Crippen molar-refractivity contribution in [2.75, 3.05) is 19.6 Å². The lowest BCUT2D eigenvalue weighted by Gasteiger charge is -2.45. The molecule has 0 aromatic rings. The summed E-state index contributed by atoms with van der Waals surface area (Å²) >= 11 is 0. The van der Waals surface area contributed by atoms with Gasteiger partial charge in [0.15, 0.2) is 0 Å². The molecule has 5 nitrogen and oxygen atoms in total. The number of nitrogens with zero attached hydrogens (tertiary/aromatic N) is 1. The first-order valence-corrected chi connectivity index (χ1v) is 7.44. The Hall–Kier alpha value is -0.810. The fraction of sp³-hybridized carbons (Fsp3) is 0.933. The molecule has 1 amide bonds. The smallest absolute Gasteiger partial charge is 0.410 e. The molecule has 0 aliphatic carbocycles. The summed E-state index contributed by atoms with van der Waals surface area (Å²) in [6, 6.07) is 0. The Labute approximate surface area is 123 Å². The largest absolute Gasteiger partial charge is 0.444 e. The number of nitrogens with two attached hydrogens (primary N) is 1. The summed E-state index contributed by atoms with van der Waals surface area (Å²) in [6.07, 6.45) is 1.50. The molecule has 0 spiro atoms. The number of rotatable bonds is 2. The number of nitrogens with one attached hydrogen (secondary N) is 1. The molecule has 0 atom stereocenters. The van der Waals surface area contributed by atoms with Gasteiger partial charge in [0.05, 0.1) is 0 Å². The van der Waals surface area contributed by atoms with Crippen LogP contribution >= 0.6 is 0 Å². The molecule has 1 saturated heterocycles. The van der Waals surface area contributed by atoms with Crippen LogP contribution in [0, 0.1) is 0 Å². The van der Waals surface area contributed by atoms with Gasteiger partial charge in [-0.3, -0.25) is 0 Å². The Morgan fingerprint density at radius 2 is 1.70 bits per heavy atom. The van der Waals surface area contributed by atoms with E-state index in [2.05, 4.69) is 26.1 Å². The Bertz CT molecular complexity index is 334. The van der Waals surface area contributed by atoms with Gasteiger partial charge in [-0.25, -0.2) is 4.79 Å². The number of ether oxygens (including phenoxy) is 1. The summed E-state index contributed by atoms with van der Waals surface area (Å²) in [5.41, 5.74) is 5.48. The van der Waals surface area contributed by atoms with Gasteiger partial charge in [0.1, 0.15) is 5.60 Å². The lowest BCUT2D eigenvalue weighted by molar-refractivity contribution is 0.0136. The zero-order valence-corrected chi connectivity index (χ0v) is 13.9. The van der Waals surface area contributed by atoms with Crippen LogP contribution in [0.25, 0.3) is 0 Å². The molecule has 20 heavy (non-hydrogen) atoms. The van der Waals surface area contributed by atoms with Crippen LogP contribution in [0.1, 0.15) is 54.4 Å². The maximum atomic E-state index is 12.1. The third-order valence-corrected chi connectivity index (χ3v) is 3.40. The van der Waals surface area contributed by atoms with E-state index < -0.39 is 5.60 Å². The summed E-state index contributed by atoms with van der Waals surface area (Å²) in [4.78, 5) is 13.8. The normalized spacial score (nSPS) is 19.9. The van der Waals surface area contributed by atoms with Crippen molar-refractivity contribution in [2.45, 2.75) is 71.1 Å². The second-order valence-corrected chi connectivity index (χ2v) is 7.83. The number of amides is 1. The van der Waals surface area contributed by atoms with Crippen molar-refractivity contribution in [3.63, 3.8) is 0 Å². The van der Waals surface area contributed by atoms with Gasteiger partial charge in [-0.05, 0) is 54.4 Å². The van der Waals surface area contributed by atoms with Crippen molar-refractivity contribution in [2.24, 2.45) is 5.73 Å². The molecule has 1 aliphatic rings. The molecule has 0 unspecified atom stereocenters. The van der Waals surface area contributed by atoms with E-state index in [9.17, 15) is 4.79 Å². The van der Waals surface area contributed by atoms with Gasteiger partial charge in [0.2, 0.25) is 0 Å². The van der Waals surface area contributed by atoms with E-state index in [1.165, 1.54) is 0 Å². The molecule has 1 aliphatic heterocycles. The number of hydrogen-bond donors (Lipinski definition) is 2. The van der Waals surface area contributed by atoms with Crippen LogP contribution in [0.5, 0.6) is 0 Å². The minimum Gasteiger partial charge on any atom is -0.444 e. The van der Waals surface area contributed by atoms with Crippen molar-refractivity contribution < 1.29 is 9.53 Å². The molecule has 0 aromatic carbocycles. The maximum Gasteiger partial charge on any atom is 0.410 e. The van der Waals surface area contributed by atoms with Crippen LogP contribution < -0.4 is 11.1 Å². The summed E-state index contributed by atoms with van der Waals surface area (Å²) < 4.78 is 5.42. The van der Waals surface area contributed by atoms with Crippen LogP contribution in [0.2, 0.25) is 0 Å². The van der Waals surface area contributed by atoms with Crippen LogP contribution in [-0.4, -0.2) is 47.3 Å². The molecule has 1 heterocycles. The molecule has 3 N–H and O–H groups in total. The standard InChI is InChI=1S/C15H31N3O2/c1-13(2,3)17-15(11-16)7-9-18(10-8-15)12(19)20-14(4,5)6/h17H,7-11,16H2,1-6H3. The lowest BCUT2D eigenvalue weighted by Crippen LogP contribution is -2.63. The quantitative estimate of drug-likeness (QED) is 0.815. The highest BCUT2D eigenvalue weighted by molar-refractivity contribution is 5.68. The summed E-state index contributed by atoms with van der Waals surface area (Å²) in [5, 5.41) is 3.63. The van der Waals surface area contributed by atoms with Gasteiger partial charge >= 0.3 is 6.09 Å². The van der Waals surface area contributed by atoms with E-state index in [0.29, 0.717) is 19.6 Å². The molecule has 0 aromatic heterocycles. The fourth-order valence-electron chi connectivity index (χ4n) is 2.62. The zero-order chi connectivity index (χ0) is 15.6. The molecule has 1 rings (SSSR count). The third-order valence-electron chi connectivity index (χ3n) is 3.40. The van der Waals surface area contributed by atoms with Crippen molar-refractivity contribution in [3.05, 3.63) is 0 Å². The number of carbonyl (C=O) groups is 1. The highest BCUT2D eigenvalue weighted by Gasteiger charge is 2.38. The average molecular weight is 285 g/mol. The molecular formula is C15H31N3O2. The van der Waals surface area contributed by atoms with E-state index >= 15 is 0 Å². The Kier molecular flexibility index (Phi) is 5.08. The van der Waals surface area contributed by atoms with E-state index in [-0.39, 0.29) is 17.2 Å². The first kappa shape index (κ1) is 17.2. The average Bonchev–Trinajstić information content (AvgIpc) is 2.25. The SMILES string of the molecule is CC(C)(C)NC1(CN)CCN(C(=O)OC(C)(C)C)CC1. The van der Waals surface area contributed by atoms with E-state index in [4.69, 9.17) is 10.5 Å². The van der Waals surface area contributed by atoms with Gasteiger partial charge < -0.3 is 20.7 Å². The topological polar surface area (TPSA) is 67.6 Å². The van der Waals surface area contributed by atoms with Crippen LogP contribution in [0.3, 0.4) is 0 Å². The number of likely N-dealkylation sites (tertiary alicyclic amines) is 1. The van der Waals surface area contributed by atoms with Gasteiger partial charge in [0.25, 0.3) is 0 Å². The van der Waals surface area contributed by atoms with E-state index in [1.54, 1.807) is 4.90 Å². The van der Waals surface area contributed by atoms with Crippen LogP contribution in [0.15, 0.2) is 0 Å². The van der Waals surface area contributed by atoms with Gasteiger partial charge in [-0.15, -0.1) is 0 Å². The Morgan fingerprint density at radius 3 is 2.05 bits per heavy atom. The highest BCUT2D eigenvalue weighted by atomic mass is 16.6. The first-order valence-electron chi connectivity index (χ1n) is 7.44. The summed E-state index contributed by atoms with van der Waals surface area (Å²) in [7, 11) is 0. The van der Waals surface area contributed by atoms with Gasteiger partial charge in [0, 0.05) is 30.7 Å². The van der Waals surface area contributed by atoms with Crippen LogP contribution in [-0.2, 0) is 4.74 Å². The van der Waals surface area contributed by atoms with Crippen molar-refractivity contribution >= 4 is 6.09 Å². The molecule has 118 valence electrons. The third kappa shape index (κ3) is 5.29. The van der Waals surface area contributed by atoms with Gasteiger partial charge in [-0.1, -0.05) is 0 Å². The molecular weight excluding hydrogens is 254 g/mol. The summed E-state index contributed by atoms with van der Waals surface area (Å²) in [6.45, 7) is 14.1. The monoisotopic (exact) mass is 285 g/mol. The zero-order valence-electron chi connectivity index (χ0n) is 13.9. The minimum absolute atomic E-state index is 0.0213. The highest BCUT2D eigenvalue weighted by Crippen LogP contribution is 2.25. The predicted octanol–water partition coefficient (Wildman–Crippen LogP) is 2.10. The maximum absolute atomic E-state index is 12.1. The van der Waals surface area contributed by atoms with Gasteiger partial charge in [-0.2, -0.15) is 0 Å². The first-order chi connectivity index (χ1) is 8.96. The fourth-order valence-corrected chi connectivity index (χ4v) is 2.62. The number of piperidine rings is 1. The molecule has 5 heteroatoms. The molecule has 0 radical (unpaired) electrons. The molecule has 1 fully saturated rings. The van der Waals surface area contributed by atoms with Crippen molar-refractivity contribution in [1.82, 2.24) is 10.2 Å². The van der Waals surface area contributed by atoms with Crippen molar-refractivity contribution in [3.8, 4) is 0 Å². The Balaban J connectivity index is 2.59. The molecule has 0 saturated carbocycles. The number of hydrogen-bond acceptors (Lipinski definition) is 4. The van der Waals surface area contributed by atoms with E-state index in [1.807, 2.05) is 20.8 Å². The molecule has 0 bridgehead atoms. The number of carbonyl (C=O) groups excluding carboxylic acids is 1.